The first kappa shape index (κ1) is 14.9. The summed E-state index contributed by atoms with van der Waals surface area (Å²) in [4.78, 5) is 11.0. The van der Waals surface area contributed by atoms with E-state index in [9.17, 15) is 0 Å². The Morgan fingerprint density at radius 2 is 2.26 bits per heavy atom. The maximum Gasteiger partial charge on any atom is 0.158 e. The Labute approximate surface area is 123 Å². The van der Waals surface area contributed by atoms with Crippen LogP contribution < -0.4 is 4.90 Å². The second-order valence-electron chi connectivity index (χ2n) is 4.67. The van der Waals surface area contributed by atoms with Crippen molar-refractivity contribution in [2.45, 2.75) is 31.1 Å². The fourth-order valence-electron chi connectivity index (χ4n) is 2.34. The van der Waals surface area contributed by atoms with Gasteiger partial charge in [-0.3, -0.25) is 0 Å². The van der Waals surface area contributed by atoms with E-state index in [0.29, 0.717) is 17.6 Å². The van der Waals surface area contributed by atoms with Crippen LogP contribution in [0.25, 0.3) is 0 Å². The molecular formula is C13H20ClN3OS. The normalized spacial score (nSPS) is 20.4. The van der Waals surface area contributed by atoms with E-state index in [0.717, 1.165) is 24.2 Å². The predicted octanol–water partition coefficient (Wildman–Crippen LogP) is 3.00. The van der Waals surface area contributed by atoms with Gasteiger partial charge in [0.2, 0.25) is 0 Å². The molecule has 0 aliphatic carbocycles. The number of nitrogens with zero attached hydrogens (tertiary/aromatic N) is 3. The van der Waals surface area contributed by atoms with Crippen LogP contribution in [-0.2, 0) is 11.3 Å². The van der Waals surface area contributed by atoms with Gasteiger partial charge in [0.1, 0.15) is 17.6 Å². The van der Waals surface area contributed by atoms with Gasteiger partial charge in [0.05, 0.1) is 0 Å². The van der Waals surface area contributed by atoms with Gasteiger partial charge in [-0.15, -0.1) is 0 Å². The van der Waals surface area contributed by atoms with Crippen LogP contribution in [0, 0.1) is 0 Å². The zero-order chi connectivity index (χ0) is 13.7. The van der Waals surface area contributed by atoms with Crippen molar-refractivity contribution < 1.29 is 4.74 Å². The summed E-state index contributed by atoms with van der Waals surface area (Å²) in [6.07, 6.45) is 5.87. The molecule has 0 N–H and O–H groups in total. The van der Waals surface area contributed by atoms with E-state index in [2.05, 4.69) is 21.1 Å². The number of hydrogen-bond donors (Lipinski definition) is 0. The van der Waals surface area contributed by atoms with E-state index in [-0.39, 0.29) is 0 Å². The number of anilines is 1. The van der Waals surface area contributed by atoms with Crippen molar-refractivity contribution in [1.82, 2.24) is 9.97 Å². The lowest BCUT2D eigenvalue weighted by atomic mass is 10.2. The zero-order valence-corrected chi connectivity index (χ0v) is 13.0. The fraction of sp³-hybridized carbons (Fsp3) is 0.692. The third-order valence-electron chi connectivity index (χ3n) is 3.33. The summed E-state index contributed by atoms with van der Waals surface area (Å²) in [6.45, 7) is 2.47. The molecule has 0 radical (unpaired) electrons. The number of rotatable bonds is 4. The molecule has 2 rings (SSSR count). The summed E-state index contributed by atoms with van der Waals surface area (Å²) in [6, 6.07) is 1.85. The summed E-state index contributed by atoms with van der Waals surface area (Å²) in [5, 5.41) is 1.25. The molecular weight excluding hydrogens is 282 g/mol. The van der Waals surface area contributed by atoms with Gasteiger partial charge in [-0.25, -0.2) is 9.97 Å². The monoisotopic (exact) mass is 301 g/mol. The molecule has 1 fully saturated rings. The SMILES string of the molecule is COCc1nc(Cl)cc(N2CCCC(SC)CC2)n1. The van der Waals surface area contributed by atoms with Crippen molar-refractivity contribution in [3.8, 4) is 0 Å². The molecule has 1 unspecified atom stereocenters. The van der Waals surface area contributed by atoms with Crippen LogP contribution in [0.2, 0.25) is 5.15 Å². The van der Waals surface area contributed by atoms with E-state index in [1.54, 1.807) is 7.11 Å². The molecule has 19 heavy (non-hydrogen) atoms. The lowest BCUT2D eigenvalue weighted by molar-refractivity contribution is 0.178. The van der Waals surface area contributed by atoms with E-state index >= 15 is 0 Å². The second-order valence-corrected chi connectivity index (χ2v) is 6.20. The zero-order valence-electron chi connectivity index (χ0n) is 11.4. The van der Waals surface area contributed by atoms with Crippen molar-refractivity contribution in [3.05, 3.63) is 17.0 Å². The molecule has 0 saturated carbocycles. The number of methoxy groups -OCH3 is 1. The van der Waals surface area contributed by atoms with Gasteiger partial charge in [0.25, 0.3) is 0 Å². The van der Waals surface area contributed by atoms with Crippen LogP contribution in [0.15, 0.2) is 6.07 Å². The summed E-state index contributed by atoms with van der Waals surface area (Å²) in [5.74, 6) is 1.57. The molecule has 1 atom stereocenters. The quantitative estimate of drug-likeness (QED) is 0.799. The molecule has 1 aromatic rings. The van der Waals surface area contributed by atoms with Gasteiger partial charge in [0, 0.05) is 31.5 Å². The minimum atomic E-state index is 0.398. The highest BCUT2D eigenvalue weighted by atomic mass is 35.5. The highest BCUT2D eigenvalue weighted by molar-refractivity contribution is 7.99. The average Bonchev–Trinajstić information content (AvgIpc) is 2.63. The molecule has 0 bridgehead atoms. The van der Waals surface area contributed by atoms with Crippen LogP contribution >= 0.6 is 23.4 Å². The molecule has 6 heteroatoms. The highest BCUT2D eigenvalue weighted by Gasteiger charge is 2.18. The van der Waals surface area contributed by atoms with E-state index in [4.69, 9.17) is 16.3 Å². The first-order valence-corrected chi connectivity index (χ1v) is 8.19. The largest absolute Gasteiger partial charge is 0.377 e. The minimum Gasteiger partial charge on any atom is -0.377 e. The van der Waals surface area contributed by atoms with Gasteiger partial charge >= 0.3 is 0 Å². The fourth-order valence-corrected chi connectivity index (χ4v) is 3.28. The van der Waals surface area contributed by atoms with E-state index in [1.807, 2.05) is 17.8 Å². The number of thioether (sulfide) groups is 1. The predicted molar refractivity (Wildman–Crippen MR) is 81.1 cm³/mol. The summed E-state index contributed by atoms with van der Waals surface area (Å²) < 4.78 is 5.08. The van der Waals surface area contributed by atoms with Crippen molar-refractivity contribution in [3.63, 3.8) is 0 Å². The summed E-state index contributed by atoms with van der Waals surface area (Å²) in [5.41, 5.74) is 0. The Morgan fingerprint density at radius 3 is 3.00 bits per heavy atom. The van der Waals surface area contributed by atoms with Crippen molar-refractivity contribution in [1.29, 1.82) is 0 Å². The first-order chi connectivity index (χ1) is 9.22. The Morgan fingerprint density at radius 1 is 1.42 bits per heavy atom. The summed E-state index contributed by atoms with van der Waals surface area (Å²) >= 11 is 8.03. The molecule has 4 nitrogen and oxygen atoms in total. The smallest absolute Gasteiger partial charge is 0.158 e. The van der Waals surface area contributed by atoms with Crippen LogP contribution in [0.5, 0.6) is 0 Å². The number of hydrogen-bond acceptors (Lipinski definition) is 5. The van der Waals surface area contributed by atoms with Crippen LogP contribution in [0.3, 0.4) is 0 Å². The molecule has 0 amide bonds. The number of ether oxygens (including phenoxy) is 1. The molecule has 1 aromatic heterocycles. The van der Waals surface area contributed by atoms with Gasteiger partial charge < -0.3 is 9.64 Å². The molecule has 106 valence electrons. The van der Waals surface area contributed by atoms with Crippen LogP contribution in [-0.4, -0.2) is 41.7 Å². The van der Waals surface area contributed by atoms with Crippen molar-refractivity contribution >= 4 is 29.2 Å². The Bertz CT molecular complexity index is 419. The lowest BCUT2D eigenvalue weighted by Gasteiger charge is -2.22. The maximum absolute atomic E-state index is 6.06. The topological polar surface area (TPSA) is 38.2 Å². The molecule has 1 saturated heterocycles. The van der Waals surface area contributed by atoms with E-state index < -0.39 is 0 Å². The summed E-state index contributed by atoms with van der Waals surface area (Å²) in [7, 11) is 1.64. The highest BCUT2D eigenvalue weighted by Crippen LogP contribution is 2.25. The third kappa shape index (κ3) is 4.23. The van der Waals surface area contributed by atoms with Crippen molar-refractivity contribution in [2.75, 3.05) is 31.4 Å². The van der Waals surface area contributed by atoms with Gasteiger partial charge in [0.15, 0.2) is 5.82 Å². The average molecular weight is 302 g/mol. The number of halogens is 1. The minimum absolute atomic E-state index is 0.398. The molecule has 2 heterocycles. The van der Waals surface area contributed by atoms with Gasteiger partial charge in [-0.1, -0.05) is 11.6 Å². The van der Waals surface area contributed by atoms with Crippen molar-refractivity contribution in [2.24, 2.45) is 0 Å². The standard InChI is InChI=1S/C13H20ClN3OS/c1-18-9-12-15-11(14)8-13(16-12)17-6-3-4-10(19-2)5-7-17/h8,10H,3-7,9H2,1-2H3. The Balaban J connectivity index is 2.12. The lowest BCUT2D eigenvalue weighted by Crippen LogP contribution is -2.26. The first-order valence-electron chi connectivity index (χ1n) is 6.53. The molecule has 1 aliphatic heterocycles. The molecule has 0 spiro atoms. The Kier molecular flexibility index (Phi) is 5.73. The van der Waals surface area contributed by atoms with Crippen LogP contribution in [0.4, 0.5) is 5.82 Å². The molecule has 0 aromatic carbocycles. The molecule has 1 aliphatic rings. The van der Waals surface area contributed by atoms with Gasteiger partial charge in [-0.2, -0.15) is 11.8 Å². The van der Waals surface area contributed by atoms with Gasteiger partial charge in [-0.05, 0) is 25.5 Å². The second kappa shape index (κ2) is 7.31. The van der Waals surface area contributed by atoms with E-state index in [1.165, 1.54) is 19.3 Å². The Hall–Kier alpha value is -0.520. The number of aromatic nitrogens is 2. The van der Waals surface area contributed by atoms with Crippen LogP contribution in [0.1, 0.15) is 25.1 Å². The third-order valence-corrected chi connectivity index (χ3v) is 4.67. The maximum atomic E-state index is 6.06.